The monoisotopic (exact) mass is 224 g/mol. The van der Waals surface area contributed by atoms with Gasteiger partial charge < -0.3 is 5.32 Å². The fraction of sp³-hybridized carbons (Fsp3) is 0.500. The van der Waals surface area contributed by atoms with Crippen molar-refractivity contribution in [1.82, 2.24) is 20.8 Å². The lowest BCUT2D eigenvalue weighted by molar-refractivity contribution is -0.0529. The molecule has 0 aromatic carbocycles. The van der Waals surface area contributed by atoms with E-state index in [9.17, 15) is 4.79 Å². The van der Waals surface area contributed by atoms with Gasteiger partial charge in [0, 0.05) is 12.4 Å². The van der Waals surface area contributed by atoms with Gasteiger partial charge in [0.15, 0.2) is 0 Å². The second-order valence-corrected chi connectivity index (χ2v) is 4.20. The lowest BCUT2D eigenvalue weighted by atomic mass is 10.2. The first kappa shape index (κ1) is 12.4. The average molecular weight is 224 g/mol. The highest BCUT2D eigenvalue weighted by Gasteiger charge is 2.12. The predicted molar refractivity (Wildman–Crippen MR) is 58.2 cm³/mol. The van der Waals surface area contributed by atoms with Gasteiger partial charge in [-0.05, 0) is 20.8 Å². The Bertz CT molecular complexity index is 334. The summed E-state index contributed by atoms with van der Waals surface area (Å²) in [6, 6.07) is -0.402. The molecule has 0 bridgehead atoms. The molecule has 1 aromatic rings. The molecule has 88 valence electrons. The van der Waals surface area contributed by atoms with Crippen LogP contribution in [0.15, 0.2) is 18.6 Å². The lowest BCUT2D eigenvalue weighted by Gasteiger charge is -2.18. The highest BCUT2D eigenvalue weighted by molar-refractivity contribution is 5.72. The number of aromatic nitrogens is 2. The number of nitrogens with zero attached hydrogens (tertiary/aromatic N) is 2. The van der Waals surface area contributed by atoms with E-state index in [0.717, 1.165) is 0 Å². The van der Waals surface area contributed by atoms with Crippen LogP contribution in [-0.4, -0.2) is 21.6 Å². The number of rotatable bonds is 3. The Morgan fingerprint density at radius 3 is 2.75 bits per heavy atom. The summed E-state index contributed by atoms with van der Waals surface area (Å²) < 4.78 is 0. The molecule has 1 aromatic heterocycles. The van der Waals surface area contributed by atoms with E-state index in [2.05, 4.69) is 20.8 Å². The number of urea groups is 1. The number of nitrogens with one attached hydrogen (secondary N) is 2. The standard InChI is InChI=1S/C10H16N4O2/c1-10(2,3)16-14-9(15)13-7-8-6-11-4-5-12-8/h4-6H,7H2,1-3H3,(H2,13,14,15). The summed E-state index contributed by atoms with van der Waals surface area (Å²) in [5.74, 6) is 0. The van der Waals surface area contributed by atoms with E-state index >= 15 is 0 Å². The number of carbonyl (C=O) groups is 1. The van der Waals surface area contributed by atoms with Gasteiger partial charge in [-0.2, -0.15) is 0 Å². The van der Waals surface area contributed by atoms with E-state index in [1.807, 2.05) is 20.8 Å². The molecule has 2 amide bonds. The molecule has 16 heavy (non-hydrogen) atoms. The molecular formula is C10H16N4O2. The Morgan fingerprint density at radius 2 is 2.19 bits per heavy atom. The van der Waals surface area contributed by atoms with Gasteiger partial charge in [0.1, 0.15) is 0 Å². The van der Waals surface area contributed by atoms with E-state index in [0.29, 0.717) is 12.2 Å². The second-order valence-electron chi connectivity index (χ2n) is 4.20. The third-order valence-electron chi connectivity index (χ3n) is 1.50. The van der Waals surface area contributed by atoms with Crippen LogP contribution in [0.4, 0.5) is 4.79 Å². The minimum atomic E-state index is -0.413. The highest BCUT2D eigenvalue weighted by Crippen LogP contribution is 2.03. The molecular weight excluding hydrogens is 208 g/mol. The van der Waals surface area contributed by atoms with E-state index in [-0.39, 0.29) is 0 Å². The van der Waals surface area contributed by atoms with E-state index < -0.39 is 11.6 Å². The molecule has 0 aliphatic carbocycles. The van der Waals surface area contributed by atoms with Gasteiger partial charge in [-0.3, -0.25) is 14.8 Å². The summed E-state index contributed by atoms with van der Waals surface area (Å²) in [6.07, 6.45) is 4.73. The molecule has 6 heteroatoms. The van der Waals surface area contributed by atoms with Crippen molar-refractivity contribution in [2.75, 3.05) is 0 Å². The number of hydrogen-bond acceptors (Lipinski definition) is 4. The molecule has 0 aliphatic rings. The van der Waals surface area contributed by atoms with Gasteiger partial charge in [-0.15, -0.1) is 0 Å². The Kier molecular flexibility index (Phi) is 4.19. The average Bonchev–Trinajstić information content (AvgIpc) is 2.24. The zero-order valence-electron chi connectivity index (χ0n) is 9.65. The zero-order valence-corrected chi connectivity index (χ0v) is 9.65. The molecule has 6 nitrogen and oxygen atoms in total. The molecule has 0 spiro atoms. The van der Waals surface area contributed by atoms with Gasteiger partial charge >= 0.3 is 6.03 Å². The first-order valence-corrected chi connectivity index (χ1v) is 4.94. The molecule has 1 heterocycles. The van der Waals surface area contributed by atoms with Crippen LogP contribution in [0.2, 0.25) is 0 Å². The topological polar surface area (TPSA) is 76.1 Å². The molecule has 2 N–H and O–H groups in total. The van der Waals surface area contributed by atoms with Crippen LogP contribution in [-0.2, 0) is 11.4 Å². The largest absolute Gasteiger partial charge is 0.339 e. The summed E-state index contributed by atoms with van der Waals surface area (Å²) in [4.78, 5) is 24.2. The maximum Gasteiger partial charge on any atom is 0.339 e. The fourth-order valence-corrected chi connectivity index (χ4v) is 0.828. The van der Waals surface area contributed by atoms with Crippen LogP contribution in [0.1, 0.15) is 26.5 Å². The van der Waals surface area contributed by atoms with Gasteiger partial charge in [0.05, 0.1) is 24.0 Å². The summed E-state index contributed by atoms with van der Waals surface area (Å²) in [7, 11) is 0. The summed E-state index contributed by atoms with van der Waals surface area (Å²) >= 11 is 0. The van der Waals surface area contributed by atoms with E-state index in [4.69, 9.17) is 4.84 Å². The van der Waals surface area contributed by atoms with Crippen LogP contribution < -0.4 is 10.8 Å². The SMILES string of the molecule is CC(C)(C)ONC(=O)NCc1cnccn1. The van der Waals surface area contributed by atoms with Crippen LogP contribution in [0.5, 0.6) is 0 Å². The Hall–Kier alpha value is -1.69. The van der Waals surface area contributed by atoms with Gasteiger partial charge in [-0.25, -0.2) is 10.3 Å². The number of amides is 2. The quantitative estimate of drug-likeness (QED) is 0.751. The van der Waals surface area contributed by atoms with Crippen LogP contribution in [0.25, 0.3) is 0 Å². The minimum Gasteiger partial charge on any atom is -0.331 e. The van der Waals surface area contributed by atoms with Gasteiger partial charge in [-0.1, -0.05) is 0 Å². The molecule has 0 fully saturated rings. The van der Waals surface area contributed by atoms with Gasteiger partial charge in [0.25, 0.3) is 0 Å². The summed E-state index contributed by atoms with van der Waals surface area (Å²) in [6.45, 7) is 5.84. The van der Waals surface area contributed by atoms with Gasteiger partial charge in [0.2, 0.25) is 0 Å². The normalized spacial score (nSPS) is 10.9. The van der Waals surface area contributed by atoms with Crippen molar-refractivity contribution >= 4 is 6.03 Å². The first-order valence-electron chi connectivity index (χ1n) is 4.94. The number of carbonyl (C=O) groups excluding carboxylic acids is 1. The fourth-order valence-electron chi connectivity index (χ4n) is 0.828. The van der Waals surface area contributed by atoms with Crippen molar-refractivity contribution in [1.29, 1.82) is 0 Å². The zero-order chi connectivity index (χ0) is 12.0. The first-order chi connectivity index (χ1) is 7.47. The predicted octanol–water partition coefficient (Wildman–Crippen LogP) is 1.01. The Balaban J connectivity index is 2.26. The molecule has 0 atom stereocenters. The lowest BCUT2D eigenvalue weighted by Crippen LogP contribution is -2.40. The van der Waals surface area contributed by atoms with E-state index in [1.165, 1.54) is 0 Å². The summed E-state index contributed by atoms with van der Waals surface area (Å²) in [5.41, 5.74) is 2.57. The molecule has 1 rings (SSSR count). The molecule has 0 saturated carbocycles. The third-order valence-corrected chi connectivity index (χ3v) is 1.50. The van der Waals surface area contributed by atoms with Crippen LogP contribution in [0.3, 0.4) is 0 Å². The number of hydroxylamine groups is 1. The summed E-state index contributed by atoms with van der Waals surface area (Å²) in [5, 5.41) is 2.59. The molecule has 0 unspecified atom stereocenters. The van der Waals surface area contributed by atoms with Crippen LogP contribution >= 0.6 is 0 Å². The number of hydrogen-bond donors (Lipinski definition) is 2. The molecule has 0 aliphatic heterocycles. The second kappa shape index (κ2) is 5.41. The smallest absolute Gasteiger partial charge is 0.331 e. The van der Waals surface area contributed by atoms with Crippen LogP contribution in [0, 0.1) is 0 Å². The van der Waals surface area contributed by atoms with Crippen molar-refractivity contribution in [2.24, 2.45) is 0 Å². The maximum atomic E-state index is 11.3. The van der Waals surface area contributed by atoms with Crippen molar-refractivity contribution in [2.45, 2.75) is 32.9 Å². The molecule has 0 saturated heterocycles. The maximum absolute atomic E-state index is 11.3. The highest BCUT2D eigenvalue weighted by atomic mass is 16.7. The Morgan fingerprint density at radius 1 is 1.44 bits per heavy atom. The minimum absolute atomic E-state index is 0.313. The third kappa shape index (κ3) is 5.26. The van der Waals surface area contributed by atoms with E-state index in [1.54, 1.807) is 18.6 Å². The van der Waals surface area contributed by atoms with Crippen molar-refractivity contribution in [3.63, 3.8) is 0 Å². The van der Waals surface area contributed by atoms with Crippen molar-refractivity contribution < 1.29 is 9.63 Å². The van der Waals surface area contributed by atoms with Crippen molar-refractivity contribution in [3.8, 4) is 0 Å². The molecule has 0 radical (unpaired) electrons. The Labute approximate surface area is 94.4 Å². The van der Waals surface area contributed by atoms with Crippen molar-refractivity contribution in [3.05, 3.63) is 24.3 Å².